The zero-order valence-electron chi connectivity index (χ0n) is 16.1. The average Bonchev–Trinajstić information content (AvgIpc) is 3.15. The SMILES string of the molecule is CCS(=O)(=O)N1Cc2ccccc2C[C@@H]1C(=O)Nc1ccc2nc(SC)sc2c1. The molecule has 3 aromatic rings. The van der Waals surface area contributed by atoms with Crippen LogP contribution in [0.4, 0.5) is 5.69 Å². The highest BCUT2D eigenvalue weighted by atomic mass is 32.2. The van der Waals surface area contributed by atoms with E-state index >= 15 is 0 Å². The van der Waals surface area contributed by atoms with E-state index in [2.05, 4.69) is 10.3 Å². The molecule has 4 rings (SSSR count). The summed E-state index contributed by atoms with van der Waals surface area (Å²) in [6, 6.07) is 12.5. The number of aromatic nitrogens is 1. The van der Waals surface area contributed by atoms with Gasteiger partial charge in [0.05, 0.1) is 16.0 Å². The van der Waals surface area contributed by atoms with E-state index in [9.17, 15) is 13.2 Å². The largest absolute Gasteiger partial charge is 0.325 e. The monoisotopic (exact) mass is 447 g/mol. The van der Waals surface area contributed by atoms with Gasteiger partial charge in [0, 0.05) is 12.2 Å². The maximum Gasteiger partial charge on any atom is 0.243 e. The van der Waals surface area contributed by atoms with E-state index in [0.29, 0.717) is 12.1 Å². The molecule has 0 saturated carbocycles. The highest BCUT2D eigenvalue weighted by molar-refractivity contribution is 8.00. The molecule has 6 nitrogen and oxygen atoms in total. The Kier molecular flexibility index (Phi) is 5.65. The summed E-state index contributed by atoms with van der Waals surface area (Å²) in [6.45, 7) is 1.82. The number of hydrogen-bond donors (Lipinski definition) is 1. The molecule has 0 fully saturated rings. The van der Waals surface area contributed by atoms with Crippen molar-refractivity contribution in [2.24, 2.45) is 0 Å². The van der Waals surface area contributed by atoms with Crippen LogP contribution in [0.1, 0.15) is 18.1 Å². The van der Waals surface area contributed by atoms with Gasteiger partial charge in [-0.05, 0) is 48.9 Å². The first-order valence-electron chi connectivity index (χ1n) is 9.23. The minimum Gasteiger partial charge on any atom is -0.325 e. The second-order valence-corrected chi connectivity index (χ2v) is 11.1. The van der Waals surface area contributed by atoms with Crippen molar-refractivity contribution < 1.29 is 13.2 Å². The number of nitrogens with zero attached hydrogens (tertiary/aromatic N) is 2. The van der Waals surface area contributed by atoms with Gasteiger partial charge in [0.1, 0.15) is 6.04 Å². The number of thiazole rings is 1. The summed E-state index contributed by atoms with van der Waals surface area (Å²) >= 11 is 3.15. The van der Waals surface area contributed by atoms with Crippen LogP contribution < -0.4 is 5.32 Å². The van der Waals surface area contributed by atoms with Crippen LogP contribution in [0.2, 0.25) is 0 Å². The number of sulfonamides is 1. The molecule has 0 bridgehead atoms. The van der Waals surface area contributed by atoms with Crippen molar-refractivity contribution >= 4 is 54.9 Å². The number of benzene rings is 2. The van der Waals surface area contributed by atoms with Crippen molar-refractivity contribution in [2.75, 3.05) is 17.3 Å². The van der Waals surface area contributed by atoms with Gasteiger partial charge in [-0.2, -0.15) is 4.31 Å². The van der Waals surface area contributed by atoms with Gasteiger partial charge in [-0.25, -0.2) is 13.4 Å². The molecule has 2 aromatic carbocycles. The highest BCUT2D eigenvalue weighted by Gasteiger charge is 2.37. The Morgan fingerprint density at radius 2 is 2.03 bits per heavy atom. The molecule has 1 amide bonds. The number of amides is 1. The van der Waals surface area contributed by atoms with Gasteiger partial charge < -0.3 is 5.32 Å². The summed E-state index contributed by atoms with van der Waals surface area (Å²) in [4.78, 5) is 17.6. The molecule has 152 valence electrons. The standard InChI is InChI=1S/C20H21N3O3S3/c1-3-29(25,26)23-12-14-7-5-4-6-13(14)10-17(23)19(24)21-15-8-9-16-18(11-15)28-20(22-16)27-2/h4-9,11,17H,3,10,12H2,1-2H3,(H,21,24)/t17-/m1/s1. The minimum absolute atomic E-state index is 0.0385. The number of nitrogens with one attached hydrogen (secondary N) is 1. The van der Waals surface area contributed by atoms with E-state index in [4.69, 9.17) is 0 Å². The maximum atomic E-state index is 13.1. The third-order valence-electron chi connectivity index (χ3n) is 5.04. The van der Waals surface area contributed by atoms with Gasteiger partial charge in [-0.15, -0.1) is 11.3 Å². The van der Waals surface area contributed by atoms with Gasteiger partial charge in [0.15, 0.2) is 4.34 Å². The van der Waals surface area contributed by atoms with Crippen molar-refractivity contribution in [1.29, 1.82) is 0 Å². The number of carbonyl (C=O) groups is 1. The average molecular weight is 448 g/mol. The van der Waals surface area contributed by atoms with E-state index in [-0.39, 0.29) is 18.2 Å². The fourth-order valence-electron chi connectivity index (χ4n) is 3.47. The van der Waals surface area contributed by atoms with Crippen LogP contribution in [-0.2, 0) is 27.8 Å². The number of hydrogen-bond acceptors (Lipinski definition) is 6. The molecule has 1 aliphatic rings. The summed E-state index contributed by atoms with van der Waals surface area (Å²) in [5.74, 6) is -0.353. The Labute approximate surface area is 178 Å². The Hall–Kier alpha value is -1.94. The molecule has 2 heterocycles. The second kappa shape index (κ2) is 8.06. The molecule has 1 aromatic heterocycles. The maximum absolute atomic E-state index is 13.1. The minimum atomic E-state index is -3.52. The predicted octanol–water partition coefficient (Wildman–Crippen LogP) is 3.73. The lowest BCUT2D eigenvalue weighted by Crippen LogP contribution is -2.51. The van der Waals surface area contributed by atoms with Crippen LogP contribution >= 0.6 is 23.1 Å². The number of fused-ring (bicyclic) bond motifs is 2. The van der Waals surface area contributed by atoms with Crippen LogP contribution in [0.15, 0.2) is 46.8 Å². The lowest BCUT2D eigenvalue weighted by molar-refractivity contribution is -0.120. The molecule has 0 saturated heterocycles. The molecule has 1 N–H and O–H groups in total. The van der Waals surface area contributed by atoms with E-state index in [1.807, 2.05) is 42.7 Å². The van der Waals surface area contributed by atoms with Gasteiger partial charge in [-0.3, -0.25) is 4.79 Å². The predicted molar refractivity (Wildman–Crippen MR) is 119 cm³/mol. The van der Waals surface area contributed by atoms with Gasteiger partial charge in [0.25, 0.3) is 0 Å². The fraction of sp³-hybridized carbons (Fsp3) is 0.300. The Bertz CT molecular complexity index is 1170. The van der Waals surface area contributed by atoms with Crippen LogP contribution in [0.25, 0.3) is 10.2 Å². The van der Waals surface area contributed by atoms with Crippen molar-refractivity contribution in [2.45, 2.75) is 30.3 Å². The van der Waals surface area contributed by atoms with Crippen molar-refractivity contribution in [3.8, 4) is 0 Å². The molecule has 1 aliphatic heterocycles. The van der Waals surface area contributed by atoms with Gasteiger partial charge >= 0.3 is 0 Å². The van der Waals surface area contributed by atoms with Gasteiger partial charge in [0.2, 0.25) is 15.9 Å². The molecule has 9 heteroatoms. The second-order valence-electron chi connectivity index (χ2n) is 6.79. The molecular formula is C20H21N3O3S3. The molecule has 0 spiro atoms. The Morgan fingerprint density at radius 3 is 2.76 bits per heavy atom. The molecule has 1 atom stereocenters. The van der Waals surface area contributed by atoms with Crippen LogP contribution in [-0.4, -0.2) is 41.7 Å². The van der Waals surface area contributed by atoms with E-state index in [1.54, 1.807) is 36.1 Å². The molecule has 0 radical (unpaired) electrons. The molecule has 0 aliphatic carbocycles. The fourth-order valence-corrected chi connectivity index (χ4v) is 6.23. The zero-order valence-corrected chi connectivity index (χ0v) is 18.5. The van der Waals surface area contributed by atoms with Crippen LogP contribution in [0.3, 0.4) is 0 Å². The lowest BCUT2D eigenvalue weighted by atomic mass is 9.95. The Balaban J connectivity index is 1.63. The van der Waals surface area contributed by atoms with E-state index in [0.717, 1.165) is 25.7 Å². The van der Waals surface area contributed by atoms with E-state index in [1.165, 1.54) is 4.31 Å². The number of rotatable bonds is 5. The van der Waals surface area contributed by atoms with Crippen LogP contribution in [0.5, 0.6) is 0 Å². The highest BCUT2D eigenvalue weighted by Crippen LogP contribution is 2.31. The Morgan fingerprint density at radius 1 is 1.28 bits per heavy atom. The van der Waals surface area contributed by atoms with E-state index < -0.39 is 16.1 Å². The summed E-state index contributed by atoms with van der Waals surface area (Å²) in [5.41, 5.74) is 3.49. The lowest BCUT2D eigenvalue weighted by Gasteiger charge is -2.34. The number of anilines is 1. The number of carbonyl (C=O) groups excluding carboxylic acids is 1. The van der Waals surface area contributed by atoms with Crippen LogP contribution in [0, 0.1) is 0 Å². The molecule has 0 unspecified atom stereocenters. The smallest absolute Gasteiger partial charge is 0.243 e. The first-order valence-corrected chi connectivity index (χ1v) is 12.9. The number of thioether (sulfide) groups is 1. The summed E-state index contributed by atoms with van der Waals surface area (Å²) in [7, 11) is -3.52. The van der Waals surface area contributed by atoms with Crippen molar-refractivity contribution in [1.82, 2.24) is 9.29 Å². The first kappa shape index (κ1) is 20.3. The topological polar surface area (TPSA) is 79.4 Å². The summed E-state index contributed by atoms with van der Waals surface area (Å²) in [5, 5.41) is 2.92. The van der Waals surface area contributed by atoms with Crippen molar-refractivity contribution in [3.63, 3.8) is 0 Å². The quantitative estimate of drug-likeness (QED) is 0.603. The van der Waals surface area contributed by atoms with Gasteiger partial charge in [-0.1, -0.05) is 36.0 Å². The summed E-state index contributed by atoms with van der Waals surface area (Å²) in [6.07, 6.45) is 2.34. The molecular weight excluding hydrogens is 426 g/mol. The first-order chi connectivity index (χ1) is 13.9. The molecule has 29 heavy (non-hydrogen) atoms. The summed E-state index contributed by atoms with van der Waals surface area (Å²) < 4.78 is 28.6. The third kappa shape index (κ3) is 4.05. The normalized spacial score (nSPS) is 17.2. The third-order valence-corrected chi connectivity index (χ3v) is 8.87. The van der Waals surface area contributed by atoms with Crippen molar-refractivity contribution in [3.05, 3.63) is 53.6 Å². The zero-order chi connectivity index (χ0) is 20.6.